The fraction of sp³-hybridized carbons (Fsp3) is 0.625. The second-order valence-electron chi connectivity index (χ2n) is 10.0. The Bertz CT molecular complexity index is 887. The van der Waals surface area contributed by atoms with Crippen LogP contribution in [-0.4, -0.2) is 51.5 Å². The summed E-state index contributed by atoms with van der Waals surface area (Å²) in [5.41, 5.74) is -0.956. The smallest absolute Gasteiger partial charge is 0.425 e. The van der Waals surface area contributed by atoms with Crippen LogP contribution in [0.5, 0.6) is 0 Å². The standard InChI is InChI=1S/C24H36N2O8/c1-10-15(3)32-20(29)17(19(27)28)12-16-11-14(2)18(25-13-16)26(21(30)33-23(4,5)6)22(31)34-24(7,8)9/h11,13,15,17H,10,12H2,1-9H3,(H,27,28). The number of esters is 1. The first-order valence-corrected chi connectivity index (χ1v) is 11.1. The summed E-state index contributed by atoms with van der Waals surface area (Å²) in [7, 11) is 0. The Kier molecular flexibility index (Phi) is 9.60. The second-order valence-corrected chi connectivity index (χ2v) is 10.0. The fourth-order valence-corrected chi connectivity index (χ4v) is 2.71. The highest BCUT2D eigenvalue weighted by Crippen LogP contribution is 2.25. The van der Waals surface area contributed by atoms with Crippen molar-refractivity contribution in [3.63, 3.8) is 0 Å². The number of anilines is 1. The fourth-order valence-electron chi connectivity index (χ4n) is 2.71. The molecule has 0 radical (unpaired) electrons. The van der Waals surface area contributed by atoms with Crippen molar-refractivity contribution in [2.75, 3.05) is 4.90 Å². The van der Waals surface area contributed by atoms with Crippen LogP contribution in [0, 0.1) is 12.8 Å². The zero-order valence-corrected chi connectivity index (χ0v) is 21.4. The molecule has 1 heterocycles. The minimum Gasteiger partial charge on any atom is -0.481 e. The van der Waals surface area contributed by atoms with Crippen molar-refractivity contribution in [2.45, 2.75) is 92.5 Å². The van der Waals surface area contributed by atoms with Gasteiger partial charge in [-0.3, -0.25) is 9.59 Å². The van der Waals surface area contributed by atoms with Crippen molar-refractivity contribution >= 4 is 29.9 Å². The third-order valence-electron chi connectivity index (χ3n) is 4.39. The van der Waals surface area contributed by atoms with Gasteiger partial charge < -0.3 is 19.3 Å². The van der Waals surface area contributed by atoms with E-state index >= 15 is 0 Å². The minimum atomic E-state index is -1.42. The van der Waals surface area contributed by atoms with Gasteiger partial charge in [-0.1, -0.05) is 13.0 Å². The number of carbonyl (C=O) groups is 4. The molecule has 34 heavy (non-hydrogen) atoms. The van der Waals surface area contributed by atoms with Crippen LogP contribution in [0.4, 0.5) is 15.4 Å². The van der Waals surface area contributed by atoms with Crippen molar-refractivity contribution < 1.29 is 38.5 Å². The molecule has 1 N–H and O–H groups in total. The molecule has 0 aromatic carbocycles. The molecule has 0 aliphatic rings. The summed E-state index contributed by atoms with van der Waals surface area (Å²) < 4.78 is 15.9. The number of rotatable bonds is 7. The van der Waals surface area contributed by atoms with Gasteiger partial charge in [-0.25, -0.2) is 14.6 Å². The number of carboxylic acids is 1. The summed E-state index contributed by atoms with van der Waals surface area (Å²) in [5, 5.41) is 9.51. The Morgan fingerprint density at radius 1 is 1.03 bits per heavy atom. The molecule has 1 aromatic heterocycles. The summed E-state index contributed by atoms with van der Waals surface area (Å²) >= 11 is 0. The summed E-state index contributed by atoms with van der Waals surface area (Å²) in [5.74, 6) is -3.61. The quantitative estimate of drug-likeness (QED) is 0.336. The third kappa shape index (κ3) is 8.99. The first kappa shape index (κ1) is 28.9. The summed E-state index contributed by atoms with van der Waals surface area (Å²) in [6, 6.07) is 1.55. The average molecular weight is 481 g/mol. The van der Waals surface area contributed by atoms with Gasteiger partial charge in [-0.2, -0.15) is 4.90 Å². The highest BCUT2D eigenvalue weighted by Gasteiger charge is 2.35. The largest absolute Gasteiger partial charge is 0.481 e. The summed E-state index contributed by atoms with van der Waals surface area (Å²) in [4.78, 5) is 54.6. The number of carboxylic acid groups (broad SMARTS) is 1. The van der Waals surface area contributed by atoms with Crippen molar-refractivity contribution in [1.29, 1.82) is 0 Å². The lowest BCUT2D eigenvalue weighted by Gasteiger charge is -2.28. The van der Waals surface area contributed by atoms with Crippen molar-refractivity contribution in [1.82, 2.24) is 4.98 Å². The zero-order valence-electron chi connectivity index (χ0n) is 21.4. The molecular formula is C24H36N2O8. The van der Waals surface area contributed by atoms with Gasteiger partial charge in [0.15, 0.2) is 11.7 Å². The van der Waals surface area contributed by atoms with E-state index in [1.807, 2.05) is 6.92 Å². The lowest BCUT2D eigenvalue weighted by Crippen LogP contribution is -2.44. The molecule has 0 spiro atoms. The molecule has 1 rings (SSSR count). The van der Waals surface area contributed by atoms with Gasteiger partial charge in [0, 0.05) is 6.20 Å². The molecule has 2 amide bonds. The Labute approximate surface area is 200 Å². The van der Waals surface area contributed by atoms with Crippen LogP contribution in [0.25, 0.3) is 0 Å². The molecule has 0 aliphatic heterocycles. The second kappa shape index (κ2) is 11.3. The van der Waals surface area contributed by atoms with E-state index < -0.39 is 47.3 Å². The molecular weight excluding hydrogens is 444 g/mol. The molecule has 2 unspecified atom stereocenters. The van der Waals surface area contributed by atoms with Gasteiger partial charge in [0.05, 0.1) is 6.10 Å². The maximum absolute atomic E-state index is 12.8. The normalized spacial score (nSPS) is 13.4. The van der Waals surface area contributed by atoms with Crippen LogP contribution in [0.1, 0.15) is 72.9 Å². The molecule has 0 bridgehead atoms. The Morgan fingerprint density at radius 3 is 1.91 bits per heavy atom. The molecule has 10 heteroatoms. The van der Waals surface area contributed by atoms with Crippen molar-refractivity contribution in [3.05, 3.63) is 23.4 Å². The highest BCUT2D eigenvalue weighted by molar-refractivity contribution is 6.09. The van der Waals surface area contributed by atoms with E-state index in [-0.39, 0.29) is 12.2 Å². The van der Waals surface area contributed by atoms with Gasteiger partial charge in [0.2, 0.25) is 0 Å². The van der Waals surface area contributed by atoms with Crippen molar-refractivity contribution in [2.24, 2.45) is 5.92 Å². The summed E-state index contributed by atoms with van der Waals surface area (Å²) in [6.45, 7) is 15.1. The van der Waals surface area contributed by atoms with Crippen LogP contribution < -0.4 is 4.90 Å². The topological polar surface area (TPSA) is 132 Å². The molecule has 0 saturated carbocycles. The molecule has 190 valence electrons. The molecule has 2 atom stereocenters. The first-order chi connectivity index (χ1) is 15.4. The number of aliphatic carboxylic acids is 1. The zero-order chi connectivity index (χ0) is 26.4. The van der Waals surface area contributed by atoms with E-state index in [4.69, 9.17) is 14.2 Å². The van der Waals surface area contributed by atoms with E-state index in [9.17, 15) is 24.3 Å². The lowest BCUT2D eigenvalue weighted by molar-refractivity contribution is -0.161. The molecule has 0 saturated heterocycles. The number of aryl methyl sites for hydroxylation is 1. The van der Waals surface area contributed by atoms with E-state index in [1.54, 1.807) is 61.5 Å². The van der Waals surface area contributed by atoms with Gasteiger partial charge in [0.1, 0.15) is 11.2 Å². The number of ether oxygens (including phenoxy) is 3. The average Bonchev–Trinajstić information content (AvgIpc) is 2.64. The predicted octanol–water partition coefficient (Wildman–Crippen LogP) is 4.65. The Morgan fingerprint density at radius 2 is 1.53 bits per heavy atom. The number of nitrogens with zero attached hydrogens (tertiary/aromatic N) is 2. The lowest BCUT2D eigenvalue weighted by atomic mass is 9.99. The highest BCUT2D eigenvalue weighted by atomic mass is 16.6. The first-order valence-electron chi connectivity index (χ1n) is 11.1. The van der Waals surface area contributed by atoms with Crippen LogP contribution in [0.15, 0.2) is 12.3 Å². The SMILES string of the molecule is CCC(C)OC(=O)C(Cc1cnc(N(C(=O)OC(C)(C)C)C(=O)OC(C)(C)C)c(C)c1)C(=O)O. The Balaban J connectivity index is 3.30. The maximum Gasteiger partial charge on any atom is 0.425 e. The maximum atomic E-state index is 12.8. The monoisotopic (exact) mass is 480 g/mol. The molecule has 0 aliphatic carbocycles. The molecule has 1 aromatic rings. The van der Waals surface area contributed by atoms with Gasteiger partial charge in [0.25, 0.3) is 0 Å². The number of hydrogen-bond acceptors (Lipinski definition) is 8. The number of hydrogen-bond donors (Lipinski definition) is 1. The van der Waals surface area contributed by atoms with Gasteiger partial charge in [-0.15, -0.1) is 0 Å². The van der Waals surface area contributed by atoms with E-state index in [0.29, 0.717) is 22.4 Å². The number of amides is 2. The van der Waals surface area contributed by atoms with E-state index in [1.165, 1.54) is 6.20 Å². The molecule has 0 fully saturated rings. The molecule has 10 nitrogen and oxygen atoms in total. The van der Waals surface area contributed by atoms with Gasteiger partial charge >= 0.3 is 24.1 Å². The predicted molar refractivity (Wildman–Crippen MR) is 125 cm³/mol. The van der Waals surface area contributed by atoms with E-state index in [2.05, 4.69) is 4.98 Å². The Hall–Kier alpha value is -3.17. The van der Waals surface area contributed by atoms with Crippen LogP contribution in [0.3, 0.4) is 0 Å². The van der Waals surface area contributed by atoms with E-state index in [0.717, 1.165) is 0 Å². The number of aromatic nitrogens is 1. The van der Waals surface area contributed by atoms with Crippen LogP contribution in [-0.2, 0) is 30.2 Å². The third-order valence-corrected chi connectivity index (χ3v) is 4.39. The number of carbonyl (C=O) groups excluding carboxylic acids is 3. The van der Waals surface area contributed by atoms with Crippen LogP contribution >= 0.6 is 0 Å². The van der Waals surface area contributed by atoms with Crippen LogP contribution in [0.2, 0.25) is 0 Å². The minimum absolute atomic E-state index is 0.0266. The number of imide groups is 1. The van der Waals surface area contributed by atoms with Gasteiger partial charge in [-0.05, 0) is 79.4 Å². The summed E-state index contributed by atoms with van der Waals surface area (Å²) in [6.07, 6.45) is -0.656. The van der Waals surface area contributed by atoms with Crippen molar-refractivity contribution in [3.8, 4) is 0 Å². The number of pyridine rings is 1.